The van der Waals surface area contributed by atoms with E-state index < -0.39 is 13.5 Å². The van der Waals surface area contributed by atoms with E-state index in [4.69, 9.17) is 9.79 Å². The molecule has 2 rings (SSSR count). The first kappa shape index (κ1) is 13.0. The Hall–Kier alpha value is -1.48. The number of hydrogen-bond donors (Lipinski definition) is 2. The standard InChI is InChI=1S/C13H12FO3P/c14-13(18(15,16)17)12-8-4-7-11(9-12)10-5-2-1-3-6-10/h1-9,13H,(H2,15,16,17)/t13-/m0/s1. The van der Waals surface area contributed by atoms with Gasteiger partial charge in [-0.05, 0) is 22.8 Å². The Labute approximate surface area is 104 Å². The summed E-state index contributed by atoms with van der Waals surface area (Å²) in [6.07, 6.45) is 0. The van der Waals surface area contributed by atoms with Crippen molar-refractivity contribution in [3.8, 4) is 11.1 Å². The van der Waals surface area contributed by atoms with Crippen molar-refractivity contribution >= 4 is 7.60 Å². The first-order valence-corrected chi connectivity index (χ1v) is 7.01. The Morgan fingerprint density at radius 1 is 0.944 bits per heavy atom. The first-order chi connectivity index (χ1) is 8.48. The molecule has 0 amide bonds. The van der Waals surface area contributed by atoms with Crippen LogP contribution in [0.5, 0.6) is 0 Å². The number of alkyl halides is 1. The summed E-state index contributed by atoms with van der Waals surface area (Å²) in [5.41, 5.74) is 1.59. The minimum Gasteiger partial charge on any atom is -0.322 e. The Balaban J connectivity index is 2.40. The van der Waals surface area contributed by atoms with E-state index in [0.717, 1.165) is 11.1 Å². The Bertz CT molecular complexity index is 580. The largest absolute Gasteiger partial charge is 0.363 e. The Morgan fingerprint density at radius 2 is 1.56 bits per heavy atom. The molecule has 0 heterocycles. The van der Waals surface area contributed by atoms with E-state index in [1.807, 2.05) is 30.3 Å². The van der Waals surface area contributed by atoms with Crippen molar-refractivity contribution in [3.63, 3.8) is 0 Å². The number of halogens is 1. The second kappa shape index (κ2) is 5.02. The maximum atomic E-state index is 13.6. The van der Waals surface area contributed by atoms with Crippen LogP contribution < -0.4 is 0 Å². The topological polar surface area (TPSA) is 57.5 Å². The third kappa shape index (κ3) is 2.85. The molecule has 0 fully saturated rings. The zero-order valence-electron chi connectivity index (χ0n) is 9.40. The molecule has 0 radical (unpaired) electrons. The van der Waals surface area contributed by atoms with E-state index >= 15 is 0 Å². The lowest BCUT2D eigenvalue weighted by Crippen LogP contribution is -1.93. The SMILES string of the molecule is O=P(O)(O)[C@H](F)c1cccc(-c2ccccc2)c1. The predicted molar refractivity (Wildman–Crippen MR) is 67.8 cm³/mol. The summed E-state index contributed by atoms with van der Waals surface area (Å²) in [6.45, 7) is 0. The van der Waals surface area contributed by atoms with Gasteiger partial charge in [0.15, 0.2) is 0 Å². The van der Waals surface area contributed by atoms with Gasteiger partial charge in [0.05, 0.1) is 0 Å². The van der Waals surface area contributed by atoms with Crippen molar-refractivity contribution in [1.82, 2.24) is 0 Å². The summed E-state index contributed by atoms with van der Waals surface area (Å²) >= 11 is 0. The van der Waals surface area contributed by atoms with Gasteiger partial charge in [0.1, 0.15) is 0 Å². The molecule has 3 nitrogen and oxygen atoms in total. The number of rotatable bonds is 3. The summed E-state index contributed by atoms with van der Waals surface area (Å²) in [7, 11) is -4.76. The monoisotopic (exact) mass is 266 g/mol. The molecule has 0 bridgehead atoms. The van der Waals surface area contributed by atoms with Crippen molar-refractivity contribution in [2.75, 3.05) is 0 Å². The summed E-state index contributed by atoms with van der Waals surface area (Å²) in [6, 6.07) is 15.4. The molecule has 0 spiro atoms. The molecule has 0 saturated heterocycles. The van der Waals surface area contributed by atoms with E-state index in [2.05, 4.69) is 0 Å². The number of hydrogen-bond acceptors (Lipinski definition) is 1. The summed E-state index contributed by atoms with van der Waals surface area (Å²) < 4.78 is 24.5. The predicted octanol–water partition coefficient (Wildman–Crippen LogP) is 3.50. The molecule has 0 aliphatic rings. The van der Waals surface area contributed by atoms with Gasteiger partial charge in [-0.15, -0.1) is 0 Å². The summed E-state index contributed by atoms with van der Waals surface area (Å²) in [5.74, 6) is -2.28. The van der Waals surface area contributed by atoms with Crippen LogP contribution in [-0.2, 0) is 4.57 Å². The molecule has 0 aliphatic heterocycles. The molecule has 2 N–H and O–H groups in total. The van der Waals surface area contributed by atoms with Crippen LogP contribution in [0.15, 0.2) is 54.6 Å². The minimum atomic E-state index is -4.76. The molecule has 0 aliphatic carbocycles. The van der Waals surface area contributed by atoms with Gasteiger partial charge in [-0.25, -0.2) is 4.39 Å². The van der Waals surface area contributed by atoms with Gasteiger partial charge in [-0.3, -0.25) is 4.57 Å². The van der Waals surface area contributed by atoms with Crippen LogP contribution in [0.3, 0.4) is 0 Å². The molecular weight excluding hydrogens is 254 g/mol. The highest BCUT2D eigenvalue weighted by Crippen LogP contribution is 2.52. The average Bonchev–Trinajstić information content (AvgIpc) is 2.38. The maximum Gasteiger partial charge on any atom is 0.363 e. The van der Waals surface area contributed by atoms with Crippen LogP contribution in [0, 0.1) is 0 Å². The Kier molecular flexibility index (Phi) is 3.62. The van der Waals surface area contributed by atoms with Crippen LogP contribution in [0.1, 0.15) is 11.5 Å². The van der Waals surface area contributed by atoms with Crippen molar-refractivity contribution in [2.24, 2.45) is 0 Å². The Morgan fingerprint density at radius 3 is 2.17 bits per heavy atom. The normalized spacial score (nSPS) is 13.3. The molecule has 0 saturated carbocycles. The molecule has 1 atom stereocenters. The summed E-state index contributed by atoms with van der Waals surface area (Å²) in [4.78, 5) is 17.7. The van der Waals surface area contributed by atoms with E-state index in [-0.39, 0.29) is 5.56 Å². The summed E-state index contributed by atoms with van der Waals surface area (Å²) in [5, 5.41) is 0. The van der Waals surface area contributed by atoms with Gasteiger partial charge >= 0.3 is 7.60 Å². The average molecular weight is 266 g/mol. The molecule has 5 heteroatoms. The number of benzene rings is 2. The van der Waals surface area contributed by atoms with Gasteiger partial charge in [0.25, 0.3) is 0 Å². The van der Waals surface area contributed by atoms with Gasteiger partial charge in [0, 0.05) is 0 Å². The molecule has 94 valence electrons. The highest BCUT2D eigenvalue weighted by atomic mass is 31.2. The van der Waals surface area contributed by atoms with Crippen molar-refractivity contribution < 1.29 is 18.7 Å². The molecule has 2 aromatic carbocycles. The second-order valence-corrected chi connectivity index (χ2v) is 5.55. The minimum absolute atomic E-state index is 0.00955. The lowest BCUT2D eigenvalue weighted by atomic mass is 10.0. The van der Waals surface area contributed by atoms with Crippen LogP contribution in [0.2, 0.25) is 0 Å². The highest BCUT2D eigenvalue weighted by molar-refractivity contribution is 7.51. The van der Waals surface area contributed by atoms with Crippen molar-refractivity contribution in [2.45, 2.75) is 5.91 Å². The third-order valence-corrected chi connectivity index (χ3v) is 3.45. The lowest BCUT2D eigenvalue weighted by molar-refractivity contribution is 0.303. The fourth-order valence-corrected chi connectivity index (χ4v) is 2.24. The molecule has 18 heavy (non-hydrogen) atoms. The zero-order chi connectivity index (χ0) is 13.2. The molecule has 0 unspecified atom stereocenters. The quantitative estimate of drug-likeness (QED) is 0.836. The smallest absolute Gasteiger partial charge is 0.322 e. The second-order valence-electron chi connectivity index (χ2n) is 3.92. The van der Waals surface area contributed by atoms with Crippen LogP contribution in [0.4, 0.5) is 4.39 Å². The van der Waals surface area contributed by atoms with Gasteiger partial charge < -0.3 is 9.79 Å². The fourth-order valence-electron chi connectivity index (χ4n) is 1.69. The van der Waals surface area contributed by atoms with Crippen LogP contribution in [-0.4, -0.2) is 9.79 Å². The van der Waals surface area contributed by atoms with E-state index in [1.54, 1.807) is 12.1 Å². The van der Waals surface area contributed by atoms with E-state index in [0.29, 0.717) is 0 Å². The molecule has 2 aromatic rings. The van der Waals surface area contributed by atoms with Crippen molar-refractivity contribution in [3.05, 3.63) is 60.2 Å². The fraction of sp³-hybridized carbons (Fsp3) is 0.0769. The molecule has 0 aromatic heterocycles. The van der Waals surface area contributed by atoms with Gasteiger partial charge in [-0.2, -0.15) is 0 Å². The first-order valence-electron chi connectivity index (χ1n) is 5.33. The van der Waals surface area contributed by atoms with Gasteiger partial charge in [0.2, 0.25) is 5.91 Å². The third-order valence-electron chi connectivity index (χ3n) is 2.56. The molecular formula is C13H12FO3P. The maximum absolute atomic E-state index is 13.6. The zero-order valence-corrected chi connectivity index (χ0v) is 10.3. The van der Waals surface area contributed by atoms with Gasteiger partial charge in [-0.1, -0.05) is 48.5 Å². The van der Waals surface area contributed by atoms with Crippen LogP contribution in [0.25, 0.3) is 11.1 Å². The van der Waals surface area contributed by atoms with Crippen molar-refractivity contribution in [1.29, 1.82) is 0 Å². The van der Waals surface area contributed by atoms with Crippen LogP contribution >= 0.6 is 7.60 Å². The highest BCUT2D eigenvalue weighted by Gasteiger charge is 2.30. The van der Waals surface area contributed by atoms with E-state index in [1.165, 1.54) is 12.1 Å². The van der Waals surface area contributed by atoms with E-state index in [9.17, 15) is 8.96 Å². The lowest BCUT2D eigenvalue weighted by Gasteiger charge is -2.11.